The number of rotatable bonds is 7. The number of ether oxygens (including phenoxy) is 1. The van der Waals surface area contributed by atoms with E-state index in [0.29, 0.717) is 32.6 Å². The molecule has 7 nitrogen and oxygen atoms in total. The SMILES string of the molecule is COc1ccccc1NC(=O)CSc1nc2ccsc2c(=O)n1Cc1ccco1. The molecule has 0 spiro atoms. The molecule has 9 heteroatoms. The maximum atomic E-state index is 12.9. The number of hydrogen-bond acceptors (Lipinski definition) is 7. The molecule has 0 aliphatic carbocycles. The Morgan fingerprint density at radius 1 is 1.28 bits per heavy atom. The molecule has 0 aliphatic heterocycles. The zero-order valence-corrected chi connectivity index (χ0v) is 17.1. The number of carbonyl (C=O) groups is 1. The van der Waals surface area contributed by atoms with Crippen LogP contribution < -0.4 is 15.6 Å². The van der Waals surface area contributed by atoms with Crippen LogP contribution in [0.2, 0.25) is 0 Å². The summed E-state index contributed by atoms with van der Waals surface area (Å²) < 4.78 is 12.8. The maximum Gasteiger partial charge on any atom is 0.272 e. The van der Waals surface area contributed by atoms with Crippen molar-refractivity contribution in [3.63, 3.8) is 0 Å². The van der Waals surface area contributed by atoms with Crippen LogP contribution in [0.5, 0.6) is 5.75 Å². The first-order chi connectivity index (χ1) is 14.2. The van der Waals surface area contributed by atoms with E-state index in [1.807, 2.05) is 17.5 Å². The van der Waals surface area contributed by atoms with Gasteiger partial charge in [0.1, 0.15) is 16.2 Å². The van der Waals surface area contributed by atoms with Crippen LogP contribution in [0.1, 0.15) is 5.76 Å². The molecule has 0 radical (unpaired) electrons. The van der Waals surface area contributed by atoms with Gasteiger partial charge in [-0.25, -0.2) is 4.98 Å². The van der Waals surface area contributed by atoms with Crippen molar-refractivity contribution in [3.8, 4) is 5.75 Å². The van der Waals surface area contributed by atoms with Crippen molar-refractivity contribution < 1.29 is 13.9 Å². The molecular weight excluding hydrogens is 410 g/mol. The number of carbonyl (C=O) groups excluding carboxylic acids is 1. The quantitative estimate of drug-likeness (QED) is 0.356. The van der Waals surface area contributed by atoms with E-state index in [2.05, 4.69) is 10.3 Å². The van der Waals surface area contributed by atoms with Crippen molar-refractivity contribution in [1.82, 2.24) is 9.55 Å². The average molecular weight is 428 g/mol. The second-order valence-electron chi connectivity index (χ2n) is 6.04. The van der Waals surface area contributed by atoms with E-state index in [4.69, 9.17) is 9.15 Å². The van der Waals surface area contributed by atoms with E-state index in [0.717, 1.165) is 0 Å². The number of aromatic nitrogens is 2. The average Bonchev–Trinajstić information content (AvgIpc) is 3.41. The molecule has 0 fully saturated rings. The largest absolute Gasteiger partial charge is 0.495 e. The first kappa shape index (κ1) is 19.3. The third-order valence-electron chi connectivity index (χ3n) is 4.14. The number of nitrogens with one attached hydrogen (secondary N) is 1. The number of anilines is 1. The fourth-order valence-electron chi connectivity index (χ4n) is 2.80. The Balaban J connectivity index is 1.56. The van der Waals surface area contributed by atoms with Crippen LogP contribution in [-0.4, -0.2) is 28.3 Å². The summed E-state index contributed by atoms with van der Waals surface area (Å²) in [5, 5.41) is 5.12. The van der Waals surface area contributed by atoms with E-state index in [1.54, 1.807) is 48.3 Å². The van der Waals surface area contributed by atoms with Crippen molar-refractivity contribution in [2.75, 3.05) is 18.2 Å². The van der Waals surface area contributed by atoms with Gasteiger partial charge in [0.25, 0.3) is 5.56 Å². The monoisotopic (exact) mass is 427 g/mol. The summed E-state index contributed by atoms with van der Waals surface area (Å²) in [4.78, 5) is 30.0. The molecule has 1 N–H and O–H groups in total. The minimum Gasteiger partial charge on any atom is -0.495 e. The number of methoxy groups -OCH3 is 1. The van der Waals surface area contributed by atoms with Crippen LogP contribution in [0, 0.1) is 0 Å². The molecule has 1 aromatic carbocycles. The van der Waals surface area contributed by atoms with Gasteiger partial charge in [-0.05, 0) is 35.7 Å². The fraction of sp³-hybridized carbons (Fsp3) is 0.150. The van der Waals surface area contributed by atoms with Crippen molar-refractivity contribution in [3.05, 3.63) is 70.2 Å². The molecule has 4 rings (SSSR count). The molecule has 3 aromatic heterocycles. The van der Waals surface area contributed by atoms with Crippen LogP contribution >= 0.6 is 23.1 Å². The molecule has 0 saturated heterocycles. The van der Waals surface area contributed by atoms with Gasteiger partial charge < -0.3 is 14.5 Å². The van der Waals surface area contributed by atoms with Crippen molar-refractivity contribution >= 4 is 44.9 Å². The van der Waals surface area contributed by atoms with Gasteiger partial charge in [-0.3, -0.25) is 14.2 Å². The molecule has 3 heterocycles. The minimum atomic E-state index is -0.219. The Morgan fingerprint density at radius 3 is 2.93 bits per heavy atom. The van der Waals surface area contributed by atoms with Crippen LogP contribution in [0.15, 0.2) is 68.5 Å². The third-order valence-corrected chi connectivity index (χ3v) is 6.01. The van der Waals surface area contributed by atoms with Crippen molar-refractivity contribution in [2.24, 2.45) is 0 Å². The minimum absolute atomic E-state index is 0.0955. The second-order valence-corrected chi connectivity index (χ2v) is 7.90. The Morgan fingerprint density at radius 2 is 2.14 bits per heavy atom. The Kier molecular flexibility index (Phi) is 5.68. The molecule has 1 amide bonds. The van der Waals surface area contributed by atoms with E-state index in [1.165, 1.54) is 23.1 Å². The molecule has 4 aromatic rings. The van der Waals surface area contributed by atoms with E-state index >= 15 is 0 Å². The Labute approximate surface area is 174 Å². The highest BCUT2D eigenvalue weighted by Gasteiger charge is 2.16. The summed E-state index contributed by atoms with van der Waals surface area (Å²) in [5.41, 5.74) is 1.08. The Hall–Kier alpha value is -3.04. The first-order valence-corrected chi connectivity index (χ1v) is 10.6. The van der Waals surface area contributed by atoms with E-state index in [-0.39, 0.29) is 23.8 Å². The van der Waals surface area contributed by atoms with Crippen LogP contribution in [0.4, 0.5) is 5.69 Å². The summed E-state index contributed by atoms with van der Waals surface area (Å²) in [6.45, 7) is 0.253. The zero-order chi connectivity index (χ0) is 20.2. The van der Waals surface area contributed by atoms with Gasteiger partial charge in [0.2, 0.25) is 5.91 Å². The number of hydrogen-bond donors (Lipinski definition) is 1. The number of para-hydroxylation sites is 2. The lowest BCUT2D eigenvalue weighted by molar-refractivity contribution is -0.113. The number of thiophene rings is 1. The molecule has 0 atom stereocenters. The summed E-state index contributed by atoms with van der Waals surface area (Å²) in [6, 6.07) is 12.6. The predicted molar refractivity (Wildman–Crippen MR) is 114 cm³/mol. The number of amides is 1. The van der Waals surface area contributed by atoms with Gasteiger partial charge in [-0.2, -0.15) is 0 Å². The molecule has 29 heavy (non-hydrogen) atoms. The van der Waals surface area contributed by atoms with Gasteiger partial charge >= 0.3 is 0 Å². The summed E-state index contributed by atoms with van der Waals surface area (Å²) >= 11 is 2.55. The standard InChI is InChI=1S/C20H17N3O4S2/c1-26-16-7-3-2-6-14(16)21-17(24)12-29-20-22-15-8-10-28-18(15)19(25)23(20)11-13-5-4-9-27-13/h2-10H,11-12H2,1H3,(H,21,24). The predicted octanol–water partition coefficient (Wildman–Crippen LogP) is 3.84. The topological polar surface area (TPSA) is 86.4 Å². The number of nitrogens with zero attached hydrogens (tertiary/aromatic N) is 2. The molecule has 0 bridgehead atoms. The number of furan rings is 1. The molecule has 148 valence electrons. The highest BCUT2D eigenvalue weighted by molar-refractivity contribution is 7.99. The fourth-order valence-corrected chi connectivity index (χ4v) is 4.37. The van der Waals surface area contributed by atoms with E-state index in [9.17, 15) is 9.59 Å². The number of thioether (sulfide) groups is 1. The number of benzene rings is 1. The van der Waals surface area contributed by atoms with Crippen molar-refractivity contribution in [2.45, 2.75) is 11.7 Å². The summed E-state index contributed by atoms with van der Waals surface area (Å²) in [5.74, 6) is 1.10. The summed E-state index contributed by atoms with van der Waals surface area (Å²) in [7, 11) is 1.55. The lowest BCUT2D eigenvalue weighted by Gasteiger charge is -2.12. The van der Waals surface area contributed by atoms with Crippen LogP contribution in [0.25, 0.3) is 10.2 Å². The van der Waals surface area contributed by atoms with Crippen molar-refractivity contribution in [1.29, 1.82) is 0 Å². The second kappa shape index (κ2) is 8.54. The highest BCUT2D eigenvalue weighted by atomic mass is 32.2. The van der Waals surface area contributed by atoms with Crippen LogP contribution in [0.3, 0.4) is 0 Å². The van der Waals surface area contributed by atoms with Gasteiger partial charge in [0.05, 0.1) is 36.9 Å². The van der Waals surface area contributed by atoms with Gasteiger partial charge in [-0.1, -0.05) is 23.9 Å². The normalized spacial score (nSPS) is 10.9. The maximum absolute atomic E-state index is 12.9. The lowest BCUT2D eigenvalue weighted by Crippen LogP contribution is -2.24. The first-order valence-electron chi connectivity index (χ1n) is 8.72. The zero-order valence-electron chi connectivity index (χ0n) is 15.5. The van der Waals surface area contributed by atoms with Gasteiger partial charge in [0, 0.05) is 0 Å². The Bertz CT molecular complexity index is 1200. The molecular formula is C20H17N3O4S2. The third kappa shape index (κ3) is 4.20. The van der Waals surface area contributed by atoms with Crippen LogP contribution in [-0.2, 0) is 11.3 Å². The molecule has 0 unspecified atom stereocenters. The number of fused-ring (bicyclic) bond motifs is 1. The summed E-state index contributed by atoms with van der Waals surface area (Å²) in [6.07, 6.45) is 1.56. The molecule has 0 saturated carbocycles. The van der Waals surface area contributed by atoms with Gasteiger partial charge in [0.15, 0.2) is 5.16 Å². The van der Waals surface area contributed by atoms with E-state index < -0.39 is 0 Å². The lowest BCUT2D eigenvalue weighted by atomic mass is 10.3. The highest BCUT2D eigenvalue weighted by Crippen LogP contribution is 2.25. The van der Waals surface area contributed by atoms with Gasteiger partial charge in [-0.15, -0.1) is 11.3 Å². The molecule has 0 aliphatic rings. The smallest absolute Gasteiger partial charge is 0.272 e.